The lowest BCUT2D eigenvalue weighted by Gasteiger charge is -2.04. The average molecular weight is 351 g/mol. The molecule has 0 radical (unpaired) electrons. The summed E-state index contributed by atoms with van der Waals surface area (Å²) < 4.78 is 5.88. The number of hydrogen-bond acceptors (Lipinski definition) is 4. The fourth-order valence-corrected chi connectivity index (χ4v) is 2.13. The van der Waals surface area contributed by atoms with Crippen molar-refractivity contribution in [3.05, 3.63) is 45.8 Å². The SMILES string of the molecule is Cc1noc(C)c1NC(=O)CCC(=O)c1ccc(Br)cc1. The van der Waals surface area contributed by atoms with E-state index in [4.69, 9.17) is 4.52 Å². The molecule has 1 aromatic carbocycles. The number of Topliss-reactive ketones (excluding diaryl/α,β-unsaturated/α-hetero) is 1. The van der Waals surface area contributed by atoms with Gasteiger partial charge in [-0.2, -0.15) is 0 Å². The summed E-state index contributed by atoms with van der Waals surface area (Å²) in [6, 6.07) is 7.07. The largest absolute Gasteiger partial charge is 0.359 e. The maximum absolute atomic E-state index is 12.0. The van der Waals surface area contributed by atoms with Gasteiger partial charge >= 0.3 is 0 Å². The molecule has 1 amide bonds. The summed E-state index contributed by atoms with van der Waals surface area (Å²) in [5.41, 5.74) is 1.81. The van der Waals surface area contributed by atoms with E-state index >= 15 is 0 Å². The van der Waals surface area contributed by atoms with Crippen LogP contribution in [0, 0.1) is 13.8 Å². The third kappa shape index (κ3) is 4.01. The number of hydrogen-bond donors (Lipinski definition) is 1. The standard InChI is InChI=1S/C15H15BrN2O3/c1-9-15(10(2)21-18-9)17-14(20)8-7-13(19)11-3-5-12(16)6-4-11/h3-6H,7-8H2,1-2H3,(H,17,20). The second-order valence-corrected chi connectivity index (χ2v) is 5.59. The highest BCUT2D eigenvalue weighted by molar-refractivity contribution is 9.10. The van der Waals surface area contributed by atoms with E-state index < -0.39 is 0 Å². The summed E-state index contributed by atoms with van der Waals surface area (Å²) in [7, 11) is 0. The van der Waals surface area contributed by atoms with E-state index in [9.17, 15) is 9.59 Å². The molecule has 0 fully saturated rings. The lowest BCUT2D eigenvalue weighted by Crippen LogP contribution is -2.14. The van der Waals surface area contributed by atoms with Crippen LogP contribution in [0.25, 0.3) is 0 Å². The molecule has 6 heteroatoms. The molecule has 110 valence electrons. The highest BCUT2D eigenvalue weighted by Gasteiger charge is 2.14. The van der Waals surface area contributed by atoms with E-state index in [1.807, 2.05) is 0 Å². The quantitative estimate of drug-likeness (QED) is 0.835. The second-order valence-electron chi connectivity index (χ2n) is 4.68. The molecule has 0 aliphatic rings. The summed E-state index contributed by atoms with van der Waals surface area (Å²) in [5.74, 6) is 0.270. The first-order valence-electron chi connectivity index (χ1n) is 6.49. The molecule has 1 heterocycles. The van der Waals surface area contributed by atoms with Gasteiger partial charge in [-0.3, -0.25) is 9.59 Å². The lowest BCUT2D eigenvalue weighted by atomic mass is 10.1. The zero-order valence-electron chi connectivity index (χ0n) is 11.8. The number of anilines is 1. The number of halogens is 1. The molecule has 21 heavy (non-hydrogen) atoms. The molecule has 1 N–H and O–H groups in total. The predicted octanol–water partition coefficient (Wildman–Crippen LogP) is 3.66. The summed E-state index contributed by atoms with van der Waals surface area (Å²) in [4.78, 5) is 23.8. The van der Waals surface area contributed by atoms with Gasteiger partial charge in [-0.05, 0) is 26.0 Å². The Labute approximate surface area is 130 Å². The molecule has 0 atom stereocenters. The monoisotopic (exact) mass is 350 g/mol. The van der Waals surface area contributed by atoms with Crippen molar-refractivity contribution in [1.82, 2.24) is 5.16 Å². The third-order valence-electron chi connectivity index (χ3n) is 3.04. The van der Waals surface area contributed by atoms with E-state index in [1.54, 1.807) is 38.1 Å². The molecule has 2 rings (SSSR count). The second kappa shape index (κ2) is 6.67. The van der Waals surface area contributed by atoms with Gasteiger partial charge in [0.15, 0.2) is 11.5 Å². The summed E-state index contributed by atoms with van der Waals surface area (Å²) in [5, 5.41) is 6.48. The van der Waals surface area contributed by atoms with Crippen LogP contribution in [0.5, 0.6) is 0 Å². The zero-order valence-corrected chi connectivity index (χ0v) is 13.4. The first-order chi connectivity index (χ1) is 9.97. The van der Waals surface area contributed by atoms with Crippen LogP contribution >= 0.6 is 15.9 Å². The number of nitrogens with one attached hydrogen (secondary N) is 1. The molecule has 0 spiro atoms. The average Bonchev–Trinajstić information content (AvgIpc) is 2.77. The fourth-order valence-electron chi connectivity index (χ4n) is 1.87. The summed E-state index contributed by atoms with van der Waals surface area (Å²) in [6.45, 7) is 3.47. The summed E-state index contributed by atoms with van der Waals surface area (Å²) >= 11 is 3.31. The molecule has 0 bridgehead atoms. The van der Waals surface area contributed by atoms with Crippen molar-refractivity contribution in [2.75, 3.05) is 5.32 Å². The van der Waals surface area contributed by atoms with Crippen molar-refractivity contribution in [3.63, 3.8) is 0 Å². The molecular weight excluding hydrogens is 336 g/mol. The number of carbonyl (C=O) groups is 2. The number of carbonyl (C=O) groups excluding carboxylic acids is 2. The molecule has 2 aromatic rings. The van der Waals surface area contributed by atoms with Crippen LogP contribution in [0.1, 0.15) is 34.7 Å². The maximum Gasteiger partial charge on any atom is 0.224 e. The fraction of sp³-hybridized carbons (Fsp3) is 0.267. The Kier molecular flexibility index (Phi) is 4.90. The molecular formula is C15H15BrN2O3. The number of benzene rings is 1. The van der Waals surface area contributed by atoms with Gasteiger partial charge < -0.3 is 9.84 Å². The van der Waals surface area contributed by atoms with Crippen LogP contribution < -0.4 is 5.32 Å². The van der Waals surface area contributed by atoms with Crippen LogP contribution in [-0.4, -0.2) is 16.8 Å². The highest BCUT2D eigenvalue weighted by atomic mass is 79.9. The van der Waals surface area contributed by atoms with E-state index in [0.717, 1.165) is 4.47 Å². The molecule has 5 nitrogen and oxygen atoms in total. The third-order valence-corrected chi connectivity index (χ3v) is 3.57. The van der Waals surface area contributed by atoms with Gasteiger partial charge in [0.25, 0.3) is 0 Å². The van der Waals surface area contributed by atoms with Gasteiger partial charge in [0.2, 0.25) is 5.91 Å². The van der Waals surface area contributed by atoms with E-state index in [-0.39, 0.29) is 24.5 Å². The Morgan fingerprint density at radius 3 is 2.43 bits per heavy atom. The Morgan fingerprint density at radius 1 is 1.19 bits per heavy atom. The number of amides is 1. The van der Waals surface area contributed by atoms with Crippen LogP contribution in [0.4, 0.5) is 5.69 Å². The molecule has 0 saturated heterocycles. The first kappa shape index (κ1) is 15.4. The van der Waals surface area contributed by atoms with Gasteiger partial charge in [0, 0.05) is 22.9 Å². The van der Waals surface area contributed by atoms with E-state index in [0.29, 0.717) is 22.7 Å². The van der Waals surface area contributed by atoms with Crippen molar-refractivity contribution in [2.24, 2.45) is 0 Å². The minimum absolute atomic E-state index is 0.0589. The Balaban J connectivity index is 1.89. The smallest absolute Gasteiger partial charge is 0.224 e. The Hall–Kier alpha value is -1.95. The molecule has 0 aliphatic carbocycles. The van der Waals surface area contributed by atoms with Gasteiger partial charge in [-0.1, -0.05) is 33.2 Å². The highest BCUT2D eigenvalue weighted by Crippen LogP contribution is 2.19. The topological polar surface area (TPSA) is 72.2 Å². The number of nitrogens with zero attached hydrogens (tertiary/aromatic N) is 1. The maximum atomic E-state index is 12.0. The minimum Gasteiger partial charge on any atom is -0.359 e. The Bertz CT molecular complexity index is 643. The van der Waals surface area contributed by atoms with Gasteiger partial charge in [0.05, 0.1) is 0 Å². The molecule has 1 aromatic heterocycles. The summed E-state index contributed by atoms with van der Waals surface area (Å²) in [6.07, 6.45) is 0.287. The van der Waals surface area contributed by atoms with Crippen LogP contribution in [-0.2, 0) is 4.79 Å². The predicted molar refractivity (Wildman–Crippen MR) is 82.3 cm³/mol. The van der Waals surface area contributed by atoms with Gasteiger partial charge in [-0.15, -0.1) is 0 Å². The van der Waals surface area contributed by atoms with E-state index in [1.165, 1.54) is 0 Å². The zero-order chi connectivity index (χ0) is 15.4. The Morgan fingerprint density at radius 2 is 1.86 bits per heavy atom. The molecule has 0 unspecified atom stereocenters. The van der Waals surface area contributed by atoms with Gasteiger partial charge in [-0.25, -0.2) is 0 Å². The lowest BCUT2D eigenvalue weighted by molar-refractivity contribution is -0.116. The van der Waals surface area contributed by atoms with Crippen molar-refractivity contribution in [3.8, 4) is 0 Å². The van der Waals surface area contributed by atoms with Crippen molar-refractivity contribution < 1.29 is 14.1 Å². The van der Waals surface area contributed by atoms with Crippen molar-refractivity contribution >= 4 is 33.3 Å². The normalized spacial score (nSPS) is 10.4. The molecule has 0 saturated carbocycles. The number of rotatable bonds is 5. The number of ketones is 1. The van der Waals surface area contributed by atoms with Crippen molar-refractivity contribution in [2.45, 2.75) is 26.7 Å². The van der Waals surface area contributed by atoms with Crippen LogP contribution in [0.2, 0.25) is 0 Å². The van der Waals surface area contributed by atoms with Crippen molar-refractivity contribution in [1.29, 1.82) is 0 Å². The van der Waals surface area contributed by atoms with E-state index in [2.05, 4.69) is 26.4 Å². The van der Waals surface area contributed by atoms with Gasteiger partial charge in [0.1, 0.15) is 11.4 Å². The first-order valence-corrected chi connectivity index (χ1v) is 7.28. The number of aryl methyl sites for hydroxylation is 2. The van der Waals surface area contributed by atoms with Crippen LogP contribution in [0.3, 0.4) is 0 Å². The minimum atomic E-state index is -0.227. The number of aromatic nitrogens is 1. The van der Waals surface area contributed by atoms with Crippen LogP contribution in [0.15, 0.2) is 33.3 Å². The molecule has 0 aliphatic heterocycles.